The fraction of sp³-hybridized carbons (Fsp3) is 0.385. The molecule has 34 heavy (non-hydrogen) atoms. The normalized spacial score (nSPS) is 14.8. The molecule has 0 bridgehead atoms. The third-order valence-electron chi connectivity index (χ3n) is 5.50. The van der Waals surface area contributed by atoms with Crippen molar-refractivity contribution in [3.8, 4) is 22.9 Å². The number of nitrogens with zero attached hydrogens (tertiary/aromatic N) is 4. The summed E-state index contributed by atoms with van der Waals surface area (Å²) in [6.45, 7) is 10.5. The second-order valence-electron chi connectivity index (χ2n) is 8.66. The van der Waals surface area contributed by atoms with E-state index in [4.69, 9.17) is 14.5 Å². The van der Waals surface area contributed by atoms with Crippen molar-refractivity contribution in [3.63, 3.8) is 0 Å². The summed E-state index contributed by atoms with van der Waals surface area (Å²) in [6.07, 6.45) is 0.349. The van der Waals surface area contributed by atoms with E-state index in [0.717, 1.165) is 34.6 Å². The van der Waals surface area contributed by atoms with Crippen LogP contribution in [0.2, 0.25) is 0 Å². The minimum atomic E-state index is -0.707. The van der Waals surface area contributed by atoms with E-state index in [0.29, 0.717) is 34.9 Å². The first-order valence-electron chi connectivity index (χ1n) is 11.5. The molecule has 0 aliphatic carbocycles. The third kappa shape index (κ3) is 5.17. The Morgan fingerprint density at radius 2 is 1.94 bits per heavy atom. The Hall–Kier alpha value is -3.13. The van der Waals surface area contributed by atoms with E-state index in [1.807, 2.05) is 56.3 Å². The highest BCUT2D eigenvalue weighted by molar-refractivity contribution is 7.99. The van der Waals surface area contributed by atoms with Crippen molar-refractivity contribution >= 4 is 23.4 Å². The predicted molar refractivity (Wildman–Crippen MR) is 134 cm³/mol. The molecule has 4 rings (SSSR count). The molecule has 8 heteroatoms. The SMILES string of the molecule is CCOc1ccc(C2Oc3nc(SCCC(C)C)nnc3-c3cc(C)ccc3N2C(C)=O)cc1. The molecular formula is C26H30N4O3S. The molecule has 2 heterocycles. The van der Waals surface area contributed by atoms with Crippen LogP contribution >= 0.6 is 11.8 Å². The van der Waals surface area contributed by atoms with Gasteiger partial charge in [0.05, 0.1) is 12.3 Å². The molecule has 0 fully saturated rings. The van der Waals surface area contributed by atoms with E-state index in [1.165, 1.54) is 6.92 Å². The van der Waals surface area contributed by atoms with Gasteiger partial charge in [-0.1, -0.05) is 37.2 Å². The molecular weight excluding hydrogens is 448 g/mol. The van der Waals surface area contributed by atoms with Gasteiger partial charge in [0.25, 0.3) is 0 Å². The topological polar surface area (TPSA) is 77.4 Å². The molecule has 1 unspecified atom stereocenters. The van der Waals surface area contributed by atoms with Crippen LogP contribution < -0.4 is 14.4 Å². The quantitative estimate of drug-likeness (QED) is 0.396. The molecule has 1 atom stereocenters. The summed E-state index contributed by atoms with van der Waals surface area (Å²) in [7, 11) is 0. The van der Waals surface area contributed by atoms with Crippen LogP contribution in [0.1, 0.15) is 51.5 Å². The van der Waals surface area contributed by atoms with Gasteiger partial charge in [0.2, 0.25) is 23.2 Å². The van der Waals surface area contributed by atoms with Crippen molar-refractivity contribution in [3.05, 3.63) is 53.6 Å². The second-order valence-corrected chi connectivity index (χ2v) is 9.72. The molecule has 178 valence electrons. The number of carbonyl (C=O) groups excluding carboxylic acids is 1. The van der Waals surface area contributed by atoms with Gasteiger partial charge in [0.15, 0.2) is 5.69 Å². The minimum Gasteiger partial charge on any atom is -0.494 e. The molecule has 2 aromatic carbocycles. The molecule has 1 aliphatic rings. The smallest absolute Gasteiger partial charge is 0.247 e. The molecule has 0 N–H and O–H groups in total. The summed E-state index contributed by atoms with van der Waals surface area (Å²) >= 11 is 1.56. The highest BCUT2D eigenvalue weighted by atomic mass is 32.2. The van der Waals surface area contributed by atoms with Crippen LogP contribution in [0.15, 0.2) is 47.6 Å². The van der Waals surface area contributed by atoms with Gasteiger partial charge in [-0.25, -0.2) is 0 Å². The van der Waals surface area contributed by atoms with E-state index in [1.54, 1.807) is 16.7 Å². The lowest BCUT2D eigenvalue weighted by Gasteiger charge is -2.30. The second kappa shape index (κ2) is 10.4. The fourth-order valence-electron chi connectivity index (χ4n) is 3.78. The Bertz CT molecular complexity index is 1170. The molecule has 1 amide bonds. The lowest BCUT2D eigenvalue weighted by atomic mass is 10.0. The molecule has 3 aromatic rings. The lowest BCUT2D eigenvalue weighted by molar-refractivity contribution is -0.118. The van der Waals surface area contributed by atoms with E-state index in [-0.39, 0.29) is 5.91 Å². The maximum Gasteiger partial charge on any atom is 0.247 e. The highest BCUT2D eigenvalue weighted by Gasteiger charge is 2.34. The zero-order valence-electron chi connectivity index (χ0n) is 20.2. The standard InChI is InChI=1S/C26H30N4O3S/c1-6-32-20-10-8-19(9-11-20)25-30(18(5)31)22-12-7-17(4)15-21(22)23-24(33-25)27-26(29-28-23)34-14-13-16(2)3/h7-12,15-16,25H,6,13-14H2,1-5H3. The minimum absolute atomic E-state index is 0.142. The van der Waals surface area contributed by atoms with Gasteiger partial charge in [-0.3, -0.25) is 9.69 Å². The van der Waals surface area contributed by atoms with Crippen LogP contribution in [0.4, 0.5) is 5.69 Å². The van der Waals surface area contributed by atoms with Gasteiger partial charge in [0, 0.05) is 23.8 Å². The first-order chi connectivity index (χ1) is 16.4. The van der Waals surface area contributed by atoms with E-state index in [2.05, 4.69) is 24.0 Å². The van der Waals surface area contributed by atoms with Crippen molar-refractivity contribution in [1.29, 1.82) is 0 Å². The van der Waals surface area contributed by atoms with Gasteiger partial charge < -0.3 is 9.47 Å². The van der Waals surface area contributed by atoms with Crippen LogP contribution in [-0.2, 0) is 4.79 Å². The predicted octanol–water partition coefficient (Wildman–Crippen LogP) is 5.83. The zero-order chi connectivity index (χ0) is 24.2. The Balaban J connectivity index is 1.81. The van der Waals surface area contributed by atoms with Crippen LogP contribution in [0.5, 0.6) is 11.6 Å². The molecule has 1 aliphatic heterocycles. The maximum absolute atomic E-state index is 12.9. The number of ether oxygens (including phenoxy) is 2. The summed E-state index contributed by atoms with van der Waals surface area (Å²) in [5.41, 5.74) is 3.88. The average molecular weight is 479 g/mol. The number of thioether (sulfide) groups is 1. The molecule has 0 spiro atoms. The van der Waals surface area contributed by atoms with E-state index < -0.39 is 6.23 Å². The van der Waals surface area contributed by atoms with Crippen molar-refractivity contribution in [1.82, 2.24) is 15.2 Å². The molecule has 7 nitrogen and oxygen atoms in total. The van der Waals surface area contributed by atoms with Crippen LogP contribution in [0.25, 0.3) is 11.3 Å². The fourth-order valence-corrected chi connectivity index (χ4v) is 4.80. The number of rotatable bonds is 7. The summed E-state index contributed by atoms with van der Waals surface area (Å²) in [6, 6.07) is 13.5. The number of anilines is 1. The summed E-state index contributed by atoms with van der Waals surface area (Å²) in [5, 5.41) is 9.43. The van der Waals surface area contributed by atoms with Gasteiger partial charge in [-0.15, -0.1) is 10.2 Å². The summed E-state index contributed by atoms with van der Waals surface area (Å²) in [5.74, 6) is 2.49. The summed E-state index contributed by atoms with van der Waals surface area (Å²) < 4.78 is 12.0. The van der Waals surface area contributed by atoms with Crippen LogP contribution in [0.3, 0.4) is 0 Å². The Kier molecular flexibility index (Phi) is 7.36. The van der Waals surface area contributed by atoms with Gasteiger partial charge in [-0.05, 0) is 62.6 Å². The third-order valence-corrected chi connectivity index (χ3v) is 6.37. The first-order valence-corrected chi connectivity index (χ1v) is 12.5. The number of fused-ring (bicyclic) bond motifs is 3. The van der Waals surface area contributed by atoms with Gasteiger partial charge in [0.1, 0.15) is 5.75 Å². The number of aryl methyl sites for hydroxylation is 1. The van der Waals surface area contributed by atoms with Crippen molar-refractivity contribution in [2.24, 2.45) is 5.92 Å². The summed E-state index contributed by atoms with van der Waals surface area (Å²) in [4.78, 5) is 19.3. The molecule has 0 saturated carbocycles. The van der Waals surface area contributed by atoms with Gasteiger partial charge in [-0.2, -0.15) is 4.98 Å². The number of benzene rings is 2. The lowest BCUT2D eigenvalue weighted by Crippen LogP contribution is -2.36. The van der Waals surface area contributed by atoms with Crippen LogP contribution in [-0.4, -0.2) is 33.4 Å². The van der Waals surface area contributed by atoms with E-state index in [9.17, 15) is 4.79 Å². The molecule has 0 radical (unpaired) electrons. The molecule has 0 saturated heterocycles. The highest BCUT2D eigenvalue weighted by Crippen LogP contribution is 2.44. The van der Waals surface area contributed by atoms with Crippen molar-refractivity contribution < 1.29 is 14.3 Å². The first kappa shape index (κ1) is 24.0. The largest absolute Gasteiger partial charge is 0.494 e. The number of hydrogen-bond donors (Lipinski definition) is 0. The van der Waals surface area contributed by atoms with E-state index >= 15 is 0 Å². The monoisotopic (exact) mass is 478 g/mol. The number of carbonyl (C=O) groups is 1. The Labute approximate surface area is 204 Å². The van der Waals surface area contributed by atoms with Crippen molar-refractivity contribution in [2.45, 2.75) is 52.4 Å². The number of amides is 1. The van der Waals surface area contributed by atoms with Crippen LogP contribution in [0, 0.1) is 12.8 Å². The maximum atomic E-state index is 12.9. The average Bonchev–Trinajstić information content (AvgIpc) is 2.93. The number of hydrogen-bond acceptors (Lipinski definition) is 7. The Morgan fingerprint density at radius 1 is 1.18 bits per heavy atom. The molecule has 1 aromatic heterocycles. The number of aromatic nitrogens is 3. The van der Waals surface area contributed by atoms with Crippen molar-refractivity contribution in [2.75, 3.05) is 17.3 Å². The zero-order valence-corrected chi connectivity index (χ0v) is 21.1. The Morgan fingerprint density at radius 3 is 2.62 bits per heavy atom. The van der Waals surface area contributed by atoms with Gasteiger partial charge >= 0.3 is 0 Å².